The molecule has 0 radical (unpaired) electrons. The molecule has 1 atom stereocenters. The maximum atomic E-state index is 6.12. The molecule has 0 spiro atoms. The van der Waals surface area contributed by atoms with Crippen LogP contribution in [0.25, 0.3) is 0 Å². The first-order chi connectivity index (χ1) is 11.3. The Morgan fingerprint density at radius 3 is 2.91 bits per heavy atom. The third-order valence-electron chi connectivity index (χ3n) is 4.01. The lowest BCUT2D eigenvalue weighted by atomic mass is 10.2. The Bertz CT molecular complexity index is 578. The van der Waals surface area contributed by atoms with E-state index >= 15 is 0 Å². The van der Waals surface area contributed by atoms with E-state index in [0.29, 0.717) is 18.3 Å². The van der Waals surface area contributed by atoms with E-state index in [2.05, 4.69) is 29.9 Å². The van der Waals surface area contributed by atoms with Crippen LogP contribution in [-0.4, -0.2) is 71.4 Å². The summed E-state index contributed by atoms with van der Waals surface area (Å²) < 4.78 is 10.4. The standard InChI is InChI=1S/C14H23N7O2/c1-22-7-6-20-2-4-21(5-3-20)14-18-13(23-19-14)12(15)8-11-9-16-10-17-11/h9-10,12H,2-8,15H2,1H3,(H,16,17)/t12-/m1/s1. The van der Waals surface area contributed by atoms with E-state index in [1.54, 1.807) is 19.6 Å². The van der Waals surface area contributed by atoms with Gasteiger partial charge in [-0.2, -0.15) is 4.98 Å². The zero-order valence-corrected chi connectivity index (χ0v) is 13.3. The van der Waals surface area contributed by atoms with Crippen molar-refractivity contribution in [3.05, 3.63) is 24.1 Å². The van der Waals surface area contributed by atoms with Crippen molar-refractivity contribution in [3.63, 3.8) is 0 Å². The number of nitrogens with zero attached hydrogens (tertiary/aromatic N) is 5. The Balaban J connectivity index is 1.53. The van der Waals surface area contributed by atoms with Crippen LogP contribution in [0, 0.1) is 0 Å². The molecule has 0 amide bonds. The Morgan fingerprint density at radius 2 is 2.22 bits per heavy atom. The van der Waals surface area contributed by atoms with Crippen LogP contribution in [0.1, 0.15) is 17.6 Å². The Kier molecular flexibility index (Phi) is 5.21. The predicted molar refractivity (Wildman–Crippen MR) is 84.0 cm³/mol. The van der Waals surface area contributed by atoms with Crippen LogP contribution in [0.15, 0.2) is 17.0 Å². The molecule has 9 heteroatoms. The zero-order valence-electron chi connectivity index (χ0n) is 13.3. The molecule has 1 aliphatic rings. The van der Waals surface area contributed by atoms with E-state index in [1.807, 2.05) is 0 Å². The third kappa shape index (κ3) is 4.06. The zero-order chi connectivity index (χ0) is 16.1. The number of H-pyrrole nitrogens is 1. The van der Waals surface area contributed by atoms with Gasteiger partial charge in [0.15, 0.2) is 0 Å². The molecule has 0 unspecified atom stereocenters. The number of nitrogens with two attached hydrogens (primary N) is 1. The molecule has 2 aromatic rings. The minimum absolute atomic E-state index is 0.334. The molecule has 3 rings (SSSR count). The van der Waals surface area contributed by atoms with Gasteiger partial charge in [-0.25, -0.2) is 4.98 Å². The summed E-state index contributed by atoms with van der Waals surface area (Å²) in [6.45, 7) is 5.39. The molecule has 0 aliphatic carbocycles. The fourth-order valence-corrected chi connectivity index (χ4v) is 2.62. The molecule has 23 heavy (non-hydrogen) atoms. The number of hydrogen-bond acceptors (Lipinski definition) is 8. The molecule has 2 aromatic heterocycles. The molecule has 3 N–H and O–H groups in total. The van der Waals surface area contributed by atoms with Gasteiger partial charge in [-0.3, -0.25) is 4.90 Å². The number of rotatable bonds is 7. The maximum absolute atomic E-state index is 6.12. The van der Waals surface area contributed by atoms with Crippen LogP contribution in [-0.2, 0) is 11.2 Å². The largest absolute Gasteiger partial charge is 0.383 e. The predicted octanol–water partition coefficient (Wildman–Crippen LogP) is -0.196. The molecular formula is C14H23N7O2. The first-order valence-corrected chi connectivity index (χ1v) is 7.79. The van der Waals surface area contributed by atoms with Crippen LogP contribution in [0.2, 0.25) is 0 Å². The highest BCUT2D eigenvalue weighted by Crippen LogP contribution is 2.17. The summed E-state index contributed by atoms with van der Waals surface area (Å²) >= 11 is 0. The van der Waals surface area contributed by atoms with Gasteiger partial charge < -0.3 is 24.9 Å². The average molecular weight is 321 g/mol. The van der Waals surface area contributed by atoms with Gasteiger partial charge in [-0.05, 0) is 5.16 Å². The number of methoxy groups -OCH3 is 1. The number of anilines is 1. The number of aromatic nitrogens is 4. The highest BCUT2D eigenvalue weighted by atomic mass is 16.5. The van der Waals surface area contributed by atoms with Crippen molar-refractivity contribution < 1.29 is 9.26 Å². The fourth-order valence-electron chi connectivity index (χ4n) is 2.62. The van der Waals surface area contributed by atoms with Gasteiger partial charge in [0.25, 0.3) is 5.95 Å². The Morgan fingerprint density at radius 1 is 1.39 bits per heavy atom. The highest BCUT2D eigenvalue weighted by molar-refractivity contribution is 5.29. The minimum atomic E-state index is -0.334. The number of ether oxygens (including phenoxy) is 1. The molecule has 0 bridgehead atoms. The molecule has 1 fully saturated rings. The van der Waals surface area contributed by atoms with E-state index in [-0.39, 0.29) is 6.04 Å². The first-order valence-electron chi connectivity index (χ1n) is 7.79. The number of nitrogens with one attached hydrogen (secondary N) is 1. The Labute approximate surface area is 134 Å². The van der Waals surface area contributed by atoms with E-state index < -0.39 is 0 Å². The van der Waals surface area contributed by atoms with Gasteiger partial charge >= 0.3 is 0 Å². The van der Waals surface area contributed by atoms with Gasteiger partial charge in [0, 0.05) is 58.1 Å². The van der Waals surface area contributed by atoms with Crippen molar-refractivity contribution in [2.45, 2.75) is 12.5 Å². The Hall–Kier alpha value is -1.97. The van der Waals surface area contributed by atoms with Crippen LogP contribution in [0.3, 0.4) is 0 Å². The van der Waals surface area contributed by atoms with Gasteiger partial charge in [0.05, 0.1) is 19.0 Å². The fraction of sp³-hybridized carbons (Fsp3) is 0.643. The molecule has 1 aliphatic heterocycles. The van der Waals surface area contributed by atoms with Crippen LogP contribution in [0.4, 0.5) is 5.95 Å². The normalized spacial score (nSPS) is 17.6. The first kappa shape index (κ1) is 15.9. The van der Waals surface area contributed by atoms with Crippen molar-refractivity contribution in [3.8, 4) is 0 Å². The third-order valence-corrected chi connectivity index (χ3v) is 4.01. The van der Waals surface area contributed by atoms with Crippen molar-refractivity contribution in [2.75, 3.05) is 51.3 Å². The van der Waals surface area contributed by atoms with E-state index in [4.69, 9.17) is 15.0 Å². The minimum Gasteiger partial charge on any atom is -0.383 e. The van der Waals surface area contributed by atoms with Gasteiger partial charge in [0.1, 0.15) is 0 Å². The average Bonchev–Trinajstić information content (AvgIpc) is 3.25. The molecule has 0 aromatic carbocycles. The van der Waals surface area contributed by atoms with Gasteiger partial charge in [0.2, 0.25) is 5.89 Å². The topological polar surface area (TPSA) is 109 Å². The molecule has 0 saturated carbocycles. The quantitative estimate of drug-likeness (QED) is 0.722. The maximum Gasteiger partial charge on any atom is 0.266 e. The summed E-state index contributed by atoms with van der Waals surface area (Å²) in [6, 6.07) is -0.334. The monoisotopic (exact) mass is 321 g/mol. The van der Waals surface area contributed by atoms with Crippen molar-refractivity contribution in [1.29, 1.82) is 0 Å². The number of aromatic amines is 1. The molecular weight excluding hydrogens is 298 g/mol. The summed E-state index contributed by atoms with van der Waals surface area (Å²) in [5, 5.41) is 4.07. The second-order valence-corrected chi connectivity index (χ2v) is 5.64. The molecule has 3 heterocycles. The highest BCUT2D eigenvalue weighted by Gasteiger charge is 2.22. The SMILES string of the molecule is COCCN1CCN(c2noc([C@H](N)Cc3cnc[nH]3)n2)CC1. The van der Waals surface area contributed by atoms with Crippen LogP contribution >= 0.6 is 0 Å². The lowest BCUT2D eigenvalue weighted by Gasteiger charge is -2.33. The number of hydrogen-bond donors (Lipinski definition) is 2. The summed E-state index contributed by atoms with van der Waals surface area (Å²) in [7, 11) is 1.73. The lowest BCUT2D eigenvalue weighted by Crippen LogP contribution is -2.47. The number of imidazole rings is 1. The van der Waals surface area contributed by atoms with E-state index in [1.165, 1.54) is 0 Å². The molecule has 9 nitrogen and oxygen atoms in total. The molecule has 1 saturated heterocycles. The number of piperazine rings is 1. The van der Waals surface area contributed by atoms with Crippen LogP contribution < -0.4 is 10.6 Å². The van der Waals surface area contributed by atoms with Crippen molar-refractivity contribution in [1.82, 2.24) is 25.0 Å². The summed E-state index contributed by atoms with van der Waals surface area (Å²) in [5.74, 6) is 1.07. The van der Waals surface area contributed by atoms with Gasteiger partial charge in [-0.15, -0.1) is 0 Å². The van der Waals surface area contributed by atoms with Crippen molar-refractivity contribution in [2.24, 2.45) is 5.73 Å². The van der Waals surface area contributed by atoms with E-state index in [9.17, 15) is 0 Å². The summed E-state index contributed by atoms with van der Waals surface area (Å²) in [6.07, 6.45) is 3.97. The van der Waals surface area contributed by atoms with E-state index in [0.717, 1.165) is 45.0 Å². The molecule has 126 valence electrons. The second kappa shape index (κ2) is 7.53. The van der Waals surface area contributed by atoms with Crippen molar-refractivity contribution >= 4 is 5.95 Å². The van der Waals surface area contributed by atoms with Gasteiger partial charge in [-0.1, -0.05) is 0 Å². The lowest BCUT2D eigenvalue weighted by molar-refractivity contribution is 0.143. The van der Waals surface area contributed by atoms with Crippen LogP contribution in [0.5, 0.6) is 0 Å². The smallest absolute Gasteiger partial charge is 0.266 e. The summed E-state index contributed by atoms with van der Waals surface area (Å²) in [5.41, 5.74) is 7.07. The second-order valence-electron chi connectivity index (χ2n) is 5.64. The summed E-state index contributed by atoms with van der Waals surface area (Å²) in [4.78, 5) is 15.9.